The number of aryl methyl sites for hydroxylation is 1. The monoisotopic (exact) mass is 779 g/mol. The molecule has 0 aliphatic carbocycles. The lowest BCUT2D eigenvalue weighted by Crippen LogP contribution is -2.49. The van der Waals surface area contributed by atoms with Crippen LogP contribution in [-0.4, -0.2) is 101 Å². The molecule has 55 heavy (non-hydrogen) atoms. The molecule has 3 fully saturated rings. The summed E-state index contributed by atoms with van der Waals surface area (Å²) in [4.78, 5) is 36.5. The van der Waals surface area contributed by atoms with Crippen LogP contribution in [0.1, 0.15) is 63.0 Å². The van der Waals surface area contributed by atoms with Crippen molar-refractivity contribution in [3.63, 3.8) is 0 Å². The standard InChI is InChI=1S/C38H47F2N9O5S/c1-38(2,24-47-14-9-26(10-15-47)27-7-8-31-32(20-27)46(3)45-34(31)49-18-13-33(50)44-37(49)51)21-25-5-4-6-30(19-25)55(52,53)48-16-11-28(12-17-48)43-36-41-22-29(23-42-36)54-35(39)40/h4-8,19-20,22-23,26,28,35H,9-18,21,24H2,1-3H3,(H,41,42,43)(H,44,50,51). The number of ether oxygens (including phenoxy) is 1. The van der Waals surface area contributed by atoms with E-state index in [0.29, 0.717) is 44.2 Å². The van der Waals surface area contributed by atoms with Gasteiger partial charge in [0.25, 0.3) is 0 Å². The van der Waals surface area contributed by atoms with E-state index in [-0.39, 0.29) is 40.4 Å². The van der Waals surface area contributed by atoms with Crippen molar-refractivity contribution in [1.29, 1.82) is 0 Å². The number of sulfonamides is 1. The number of anilines is 2. The van der Waals surface area contributed by atoms with Gasteiger partial charge in [-0.25, -0.2) is 23.2 Å². The molecule has 2 N–H and O–H groups in total. The second kappa shape index (κ2) is 15.8. The fourth-order valence-electron chi connectivity index (χ4n) is 8.06. The highest BCUT2D eigenvalue weighted by atomic mass is 32.2. The molecule has 0 radical (unpaired) electrons. The zero-order chi connectivity index (χ0) is 38.9. The Kier molecular flexibility index (Phi) is 11.1. The molecule has 3 saturated heterocycles. The highest BCUT2D eigenvalue weighted by molar-refractivity contribution is 7.89. The van der Waals surface area contributed by atoms with Crippen LogP contribution >= 0.6 is 0 Å². The molecule has 2 aromatic heterocycles. The molecule has 0 unspecified atom stereocenters. The van der Waals surface area contributed by atoms with Crippen molar-refractivity contribution in [1.82, 2.24) is 34.3 Å². The Morgan fingerprint density at radius 1 is 0.982 bits per heavy atom. The number of hydrogen-bond acceptors (Lipinski definition) is 10. The first-order valence-corrected chi connectivity index (χ1v) is 20.1. The molecule has 0 spiro atoms. The summed E-state index contributed by atoms with van der Waals surface area (Å²) in [6.45, 7) is 5.26. The fourth-order valence-corrected chi connectivity index (χ4v) is 9.60. The van der Waals surface area contributed by atoms with Gasteiger partial charge >= 0.3 is 12.6 Å². The number of nitrogens with one attached hydrogen (secondary N) is 2. The zero-order valence-corrected chi connectivity index (χ0v) is 32.1. The van der Waals surface area contributed by atoms with E-state index in [1.807, 2.05) is 31.3 Å². The highest BCUT2D eigenvalue weighted by Crippen LogP contribution is 2.35. The first-order chi connectivity index (χ1) is 26.2. The molecular formula is C38H47F2N9O5S. The van der Waals surface area contributed by atoms with Gasteiger partial charge in [-0.15, -0.1) is 0 Å². The van der Waals surface area contributed by atoms with E-state index in [1.165, 1.54) is 27.2 Å². The lowest BCUT2D eigenvalue weighted by molar-refractivity contribution is -0.120. The molecule has 294 valence electrons. The first kappa shape index (κ1) is 38.5. The summed E-state index contributed by atoms with van der Waals surface area (Å²) in [6, 6.07) is 13.1. The van der Waals surface area contributed by atoms with Gasteiger partial charge in [0, 0.05) is 51.1 Å². The van der Waals surface area contributed by atoms with Crippen molar-refractivity contribution in [2.75, 3.05) is 49.5 Å². The minimum Gasteiger partial charge on any atom is -0.432 e. The number of fused-ring (bicyclic) bond motifs is 1. The molecule has 0 atom stereocenters. The predicted octanol–water partition coefficient (Wildman–Crippen LogP) is 5.12. The molecule has 3 aliphatic rings. The number of hydrogen-bond donors (Lipinski definition) is 2. The molecule has 0 saturated carbocycles. The van der Waals surface area contributed by atoms with Crippen molar-refractivity contribution < 1.29 is 31.5 Å². The highest BCUT2D eigenvalue weighted by Gasteiger charge is 2.32. The fraction of sp³-hybridized carbons (Fsp3) is 0.500. The van der Waals surface area contributed by atoms with Gasteiger partial charge in [0.05, 0.1) is 22.8 Å². The molecule has 3 aliphatic heterocycles. The number of benzene rings is 2. The summed E-state index contributed by atoms with van der Waals surface area (Å²) in [5.41, 5.74) is 3.08. The van der Waals surface area contributed by atoms with Crippen LogP contribution in [0.15, 0.2) is 59.8 Å². The Bertz CT molecular complexity index is 2130. The maximum absolute atomic E-state index is 13.7. The number of piperidine rings is 2. The van der Waals surface area contributed by atoms with Crippen molar-refractivity contribution >= 4 is 44.6 Å². The Balaban J connectivity index is 0.909. The number of urea groups is 1. The third-order valence-electron chi connectivity index (χ3n) is 10.7. The van der Waals surface area contributed by atoms with Crippen LogP contribution in [0, 0.1) is 5.41 Å². The Labute approximate surface area is 319 Å². The number of carbonyl (C=O) groups is 2. The molecular weight excluding hydrogens is 733 g/mol. The van der Waals surface area contributed by atoms with Crippen LogP contribution in [0.5, 0.6) is 5.75 Å². The van der Waals surface area contributed by atoms with E-state index in [2.05, 4.69) is 61.3 Å². The van der Waals surface area contributed by atoms with Gasteiger partial charge in [-0.1, -0.05) is 32.0 Å². The largest absolute Gasteiger partial charge is 0.432 e. The van der Waals surface area contributed by atoms with Gasteiger partial charge in [-0.3, -0.25) is 19.7 Å². The van der Waals surface area contributed by atoms with Crippen LogP contribution < -0.4 is 20.3 Å². The Morgan fingerprint density at radius 3 is 2.40 bits per heavy atom. The molecule has 3 amide bonds. The first-order valence-electron chi connectivity index (χ1n) is 18.7. The van der Waals surface area contributed by atoms with Crippen LogP contribution in [-0.2, 0) is 28.3 Å². The van der Waals surface area contributed by atoms with E-state index in [0.717, 1.165) is 55.4 Å². The normalized spacial score (nSPS) is 18.6. The van der Waals surface area contributed by atoms with Crippen LogP contribution in [0.4, 0.5) is 25.3 Å². The number of amides is 3. The number of rotatable bonds is 12. The molecule has 14 nitrogen and oxygen atoms in total. The van der Waals surface area contributed by atoms with Crippen LogP contribution in [0.2, 0.25) is 0 Å². The van der Waals surface area contributed by atoms with Crippen molar-refractivity contribution in [3.8, 4) is 5.75 Å². The lowest BCUT2D eigenvalue weighted by atomic mass is 9.83. The smallest absolute Gasteiger partial charge is 0.387 e. The third kappa shape index (κ3) is 8.89. The molecule has 4 aromatic rings. The van der Waals surface area contributed by atoms with Gasteiger partial charge in [0.1, 0.15) is 0 Å². The van der Waals surface area contributed by atoms with Gasteiger partial charge in [0.2, 0.25) is 21.9 Å². The number of halogens is 2. The van der Waals surface area contributed by atoms with Gasteiger partial charge in [0.15, 0.2) is 11.6 Å². The average Bonchev–Trinajstić information content (AvgIpc) is 3.47. The van der Waals surface area contributed by atoms with Gasteiger partial charge < -0.3 is 15.0 Å². The Hall–Kier alpha value is -4.74. The number of aromatic nitrogens is 4. The van der Waals surface area contributed by atoms with E-state index >= 15 is 0 Å². The molecule has 7 rings (SSSR count). The number of alkyl halides is 2. The van der Waals surface area contributed by atoms with Gasteiger partial charge in [-0.05, 0) is 91.9 Å². The number of carbonyl (C=O) groups excluding carboxylic acids is 2. The minimum absolute atomic E-state index is 0.0614. The third-order valence-corrected chi connectivity index (χ3v) is 12.6. The van der Waals surface area contributed by atoms with Crippen molar-refractivity contribution in [3.05, 3.63) is 66.0 Å². The van der Waals surface area contributed by atoms with Crippen molar-refractivity contribution in [2.24, 2.45) is 12.5 Å². The number of nitrogens with zero attached hydrogens (tertiary/aromatic N) is 7. The molecule has 5 heterocycles. The summed E-state index contributed by atoms with van der Waals surface area (Å²) in [5, 5.41) is 11.0. The maximum Gasteiger partial charge on any atom is 0.387 e. The minimum atomic E-state index is -3.70. The van der Waals surface area contributed by atoms with Crippen LogP contribution in [0.3, 0.4) is 0 Å². The van der Waals surface area contributed by atoms with Crippen LogP contribution in [0.25, 0.3) is 10.9 Å². The zero-order valence-electron chi connectivity index (χ0n) is 31.2. The maximum atomic E-state index is 13.7. The second-order valence-electron chi connectivity index (χ2n) is 15.5. The molecule has 2 aromatic carbocycles. The summed E-state index contributed by atoms with van der Waals surface area (Å²) >= 11 is 0. The number of imide groups is 1. The Morgan fingerprint density at radius 2 is 1.71 bits per heavy atom. The lowest BCUT2D eigenvalue weighted by Gasteiger charge is -2.38. The van der Waals surface area contributed by atoms with Gasteiger partial charge in [-0.2, -0.15) is 18.2 Å². The SMILES string of the molecule is Cn1nc(N2CCC(=O)NC2=O)c2ccc(C3CCN(CC(C)(C)Cc4cccc(S(=O)(=O)N5CCC(Nc6ncc(OC(F)F)cn6)CC5)c4)CC3)cc21. The van der Waals surface area contributed by atoms with E-state index in [1.54, 1.807) is 10.7 Å². The summed E-state index contributed by atoms with van der Waals surface area (Å²) in [5.74, 6) is 0.828. The topological polar surface area (TPSA) is 155 Å². The van der Waals surface area contributed by atoms with E-state index in [9.17, 15) is 26.8 Å². The average molecular weight is 780 g/mol. The van der Waals surface area contributed by atoms with E-state index in [4.69, 9.17) is 0 Å². The second-order valence-corrected chi connectivity index (χ2v) is 17.4. The van der Waals surface area contributed by atoms with E-state index < -0.39 is 22.7 Å². The molecule has 17 heteroatoms. The quantitative estimate of drug-likeness (QED) is 0.198. The summed E-state index contributed by atoms with van der Waals surface area (Å²) < 4.78 is 59.9. The van der Waals surface area contributed by atoms with Crippen molar-refractivity contribution in [2.45, 2.75) is 75.8 Å². The predicted molar refractivity (Wildman–Crippen MR) is 203 cm³/mol. The molecule has 0 bridgehead atoms. The summed E-state index contributed by atoms with van der Waals surface area (Å²) in [6.07, 6.45) is 6.43. The summed E-state index contributed by atoms with van der Waals surface area (Å²) in [7, 11) is -1.83. The number of likely N-dealkylation sites (tertiary alicyclic amines) is 1.